The van der Waals surface area contributed by atoms with Gasteiger partial charge in [-0.1, -0.05) is 19.1 Å². The molecule has 5 heteroatoms. The number of carboxylic acid groups (broad SMARTS) is 1. The molecule has 20 heavy (non-hydrogen) atoms. The Labute approximate surface area is 117 Å². The van der Waals surface area contributed by atoms with E-state index in [-0.39, 0.29) is 5.56 Å². The molecule has 0 aliphatic carbocycles. The molecular formula is C15H18N2O3. The van der Waals surface area contributed by atoms with E-state index in [1.165, 1.54) is 6.07 Å². The van der Waals surface area contributed by atoms with Gasteiger partial charge >= 0.3 is 5.97 Å². The van der Waals surface area contributed by atoms with E-state index < -0.39 is 5.97 Å². The largest absolute Gasteiger partial charge is 0.491 e. The van der Waals surface area contributed by atoms with Gasteiger partial charge in [-0.15, -0.1) is 0 Å². The van der Waals surface area contributed by atoms with Crippen molar-refractivity contribution in [3.05, 3.63) is 48.0 Å². The number of ether oxygens (including phenoxy) is 1. The summed E-state index contributed by atoms with van der Waals surface area (Å²) >= 11 is 0. The summed E-state index contributed by atoms with van der Waals surface area (Å²) in [6.07, 6.45) is 5.66. The fourth-order valence-corrected chi connectivity index (χ4v) is 2.02. The number of carbonyl (C=O) groups is 1. The average Bonchev–Trinajstić information content (AvgIpc) is 2.87. The lowest BCUT2D eigenvalue weighted by Gasteiger charge is -2.11. The normalized spacial score (nSPS) is 10.4. The molecule has 0 saturated heterocycles. The molecule has 0 atom stereocenters. The standard InChI is InChI=1S/C15H18N2O3/c1-2-5-14-16-8-9-17(14)10-11-20-13-7-4-3-6-12(13)15(18)19/h3-4,6-9H,2,5,10-11H2,1H3,(H,18,19). The summed E-state index contributed by atoms with van der Waals surface area (Å²) in [5.74, 6) is 0.453. The smallest absolute Gasteiger partial charge is 0.339 e. The van der Waals surface area contributed by atoms with Crippen molar-refractivity contribution in [3.63, 3.8) is 0 Å². The van der Waals surface area contributed by atoms with E-state index in [0.29, 0.717) is 18.9 Å². The highest BCUT2D eigenvalue weighted by molar-refractivity contribution is 5.90. The molecule has 0 bridgehead atoms. The Morgan fingerprint density at radius 3 is 2.95 bits per heavy atom. The van der Waals surface area contributed by atoms with Crippen molar-refractivity contribution in [2.24, 2.45) is 0 Å². The molecule has 2 rings (SSSR count). The second kappa shape index (κ2) is 6.75. The predicted molar refractivity (Wildman–Crippen MR) is 75.1 cm³/mol. The fourth-order valence-electron chi connectivity index (χ4n) is 2.02. The molecule has 1 N–H and O–H groups in total. The van der Waals surface area contributed by atoms with Gasteiger partial charge in [-0.2, -0.15) is 0 Å². The monoisotopic (exact) mass is 274 g/mol. The van der Waals surface area contributed by atoms with Crippen LogP contribution in [0.4, 0.5) is 0 Å². The van der Waals surface area contributed by atoms with Gasteiger partial charge in [-0.05, 0) is 18.6 Å². The van der Waals surface area contributed by atoms with Crippen LogP contribution in [0.5, 0.6) is 5.75 Å². The van der Waals surface area contributed by atoms with Crippen molar-refractivity contribution in [1.82, 2.24) is 9.55 Å². The molecule has 0 spiro atoms. The maximum absolute atomic E-state index is 11.1. The minimum atomic E-state index is -0.977. The lowest BCUT2D eigenvalue weighted by atomic mass is 10.2. The second-order valence-electron chi connectivity index (χ2n) is 4.44. The summed E-state index contributed by atoms with van der Waals surface area (Å²) in [4.78, 5) is 15.3. The first kappa shape index (κ1) is 14.1. The number of hydrogen-bond donors (Lipinski definition) is 1. The van der Waals surface area contributed by atoms with Gasteiger partial charge in [0.25, 0.3) is 0 Å². The summed E-state index contributed by atoms with van der Waals surface area (Å²) in [6, 6.07) is 6.66. The minimum Gasteiger partial charge on any atom is -0.491 e. The number of aromatic carboxylic acids is 1. The lowest BCUT2D eigenvalue weighted by Crippen LogP contribution is -2.12. The molecule has 5 nitrogen and oxygen atoms in total. The van der Waals surface area contributed by atoms with Gasteiger partial charge in [0.05, 0.1) is 6.54 Å². The summed E-state index contributed by atoms with van der Waals surface area (Å²) in [5, 5.41) is 9.07. The number of nitrogens with zero attached hydrogens (tertiary/aromatic N) is 2. The van der Waals surface area contributed by atoms with E-state index in [1.807, 2.05) is 10.8 Å². The van der Waals surface area contributed by atoms with Crippen molar-refractivity contribution in [2.45, 2.75) is 26.3 Å². The van der Waals surface area contributed by atoms with Crippen LogP contribution < -0.4 is 4.74 Å². The highest BCUT2D eigenvalue weighted by atomic mass is 16.5. The van der Waals surface area contributed by atoms with Gasteiger partial charge in [-0.25, -0.2) is 9.78 Å². The van der Waals surface area contributed by atoms with Crippen LogP contribution >= 0.6 is 0 Å². The van der Waals surface area contributed by atoms with Crippen LogP contribution in [0.15, 0.2) is 36.7 Å². The molecular weight excluding hydrogens is 256 g/mol. The average molecular weight is 274 g/mol. The van der Waals surface area contributed by atoms with Crippen LogP contribution in [-0.2, 0) is 13.0 Å². The van der Waals surface area contributed by atoms with E-state index >= 15 is 0 Å². The Balaban J connectivity index is 1.96. The third kappa shape index (κ3) is 3.38. The van der Waals surface area contributed by atoms with Crippen LogP contribution in [0.1, 0.15) is 29.5 Å². The first-order valence-corrected chi connectivity index (χ1v) is 6.67. The zero-order valence-electron chi connectivity index (χ0n) is 11.5. The zero-order chi connectivity index (χ0) is 14.4. The molecule has 1 aromatic heterocycles. The van der Waals surface area contributed by atoms with Gasteiger partial charge in [0, 0.05) is 18.8 Å². The summed E-state index contributed by atoms with van der Waals surface area (Å²) in [6.45, 7) is 3.18. The van der Waals surface area contributed by atoms with Gasteiger partial charge in [0.2, 0.25) is 0 Å². The molecule has 0 unspecified atom stereocenters. The van der Waals surface area contributed by atoms with E-state index in [9.17, 15) is 4.79 Å². The second-order valence-corrected chi connectivity index (χ2v) is 4.44. The molecule has 1 heterocycles. The molecule has 1 aromatic carbocycles. The highest BCUT2D eigenvalue weighted by Gasteiger charge is 2.10. The quantitative estimate of drug-likeness (QED) is 0.843. The van der Waals surface area contributed by atoms with Gasteiger partial charge < -0.3 is 14.4 Å². The van der Waals surface area contributed by atoms with Gasteiger partial charge in [0.1, 0.15) is 23.7 Å². The van der Waals surface area contributed by atoms with Crippen molar-refractivity contribution in [3.8, 4) is 5.75 Å². The Bertz CT molecular complexity index is 578. The Hall–Kier alpha value is -2.30. The Kier molecular flexibility index (Phi) is 4.76. The minimum absolute atomic E-state index is 0.187. The highest BCUT2D eigenvalue weighted by Crippen LogP contribution is 2.17. The number of carboxylic acids is 1. The molecule has 0 amide bonds. The van der Waals surface area contributed by atoms with E-state index in [1.54, 1.807) is 24.4 Å². The molecule has 0 aliphatic heterocycles. The zero-order valence-corrected chi connectivity index (χ0v) is 11.5. The van der Waals surface area contributed by atoms with E-state index in [2.05, 4.69) is 11.9 Å². The molecule has 0 fully saturated rings. The predicted octanol–water partition coefficient (Wildman–Crippen LogP) is 2.61. The van der Waals surface area contributed by atoms with Gasteiger partial charge in [-0.3, -0.25) is 0 Å². The number of aryl methyl sites for hydroxylation is 1. The van der Waals surface area contributed by atoms with E-state index in [0.717, 1.165) is 18.7 Å². The maximum atomic E-state index is 11.1. The molecule has 0 aliphatic rings. The Morgan fingerprint density at radius 1 is 1.40 bits per heavy atom. The number of rotatable bonds is 7. The van der Waals surface area contributed by atoms with Crippen molar-refractivity contribution < 1.29 is 14.6 Å². The number of aromatic nitrogens is 2. The van der Waals surface area contributed by atoms with Crippen molar-refractivity contribution in [1.29, 1.82) is 0 Å². The van der Waals surface area contributed by atoms with Crippen molar-refractivity contribution in [2.75, 3.05) is 6.61 Å². The van der Waals surface area contributed by atoms with Gasteiger partial charge in [0.15, 0.2) is 0 Å². The first-order chi connectivity index (χ1) is 9.72. The third-order valence-electron chi connectivity index (χ3n) is 2.98. The Morgan fingerprint density at radius 2 is 2.20 bits per heavy atom. The number of para-hydroxylation sites is 1. The number of hydrogen-bond acceptors (Lipinski definition) is 3. The molecule has 0 saturated carbocycles. The summed E-state index contributed by atoms with van der Waals surface area (Å²) < 4.78 is 7.61. The van der Waals surface area contributed by atoms with Crippen molar-refractivity contribution >= 4 is 5.97 Å². The number of benzene rings is 1. The van der Waals surface area contributed by atoms with Crippen LogP contribution in [0.25, 0.3) is 0 Å². The van der Waals surface area contributed by atoms with Crippen LogP contribution in [-0.4, -0.2) is 27.2 Å². The summed E-state index contributed by atoms with van der Waals surface area (Å²) in [7, 11) is 0. The lowest BCUT2D eigenvalue weighted by molar-refractivity contribution is 0.0692. The number of imidazole rings is 1. The van der Waals surface area contributed by atoms with Crippen LogP contribution in [0, 0.1) is 0 Å². The maximum Gasteiger partial charge on any atom is 0.339 e. The SMILES string of the molecule is CCCc1nccn1CCOc1ccccc1C(=O)O. The third-order valence-corrected chi connectivity index (χ3v) is 2.98. The first-order valence-electron chi connectivity index (χ1n) is 6.67. The van der Waals surface area contributed by atoms with Crippen LogP contribution in [0.3, 0.4) is 0 Å². The fraction of sp³-hybridized carbons (Fsp3) is 0.333. The summed E-state index contributed by atoms with van der Waals surface area (Å²) in [5.41, 5.74) is 0.187. The van der Waals surface area contributed by atoms with Crippen LogP contribution in [0.2, 0.25) is 0 Å². The molecule has 106 valence electrons. The molecule has 0 radical (unpaired) electrons. The topological polar surface area (TPSA) is 64.4 Å². The van der Waals surface area contributed by atoms with E-state index in [4.69, 9.17) is 9.84 Å². The molecule has 2 aromatic rings.